The number of pyridine rings is 1. The summed E-state index contributed by atoms with van der Waals surface area (Å²) >= 11 is 6.06. The standard InChI is InChI=1S/C24H29ClFN7O3/c1-14-18(19(27)34)31-21-20(30-16(12-33(14)21)15-5-8-28-17(25)11-15)29-13-24(26)6-9-32(10-7-24)22(35)36-23(2,3)4/h5,8,11-12H,6-7,9-10,13H2,1-4H3,(H2,27,34)(H,29,30). The minimum atomic E-state index is -1.58. The zero-order valence-electron chi connectivity index (χ0n) is 20.6. The van der Waals surface area contributed by atoms with E-state index in [2.05, 4.69) is 20.3 Å². The Morgan fingerprint density at radius 3 is 2.58 bits per heavy atom. The number of fused-ring (bicyclic) bond motifs is 1. The van der Waals surface area contributed by atoms with Gasteiger partial charge in [-0.25, -0.2) is 24.1 Å². The van der Waals surface area contributed by atoms with Crippen LogP contribution in [0.4, 0.5) is 15.0 Å². The summed E-state index contributed by atoms with van der Waals surface area (Å²) in [6.07, 6.45) is 3.09. The highest BCUT2D eigenvalue weighted by molar-refractivity contribution is 6.29. The molecular weight excluding hydrogens is 489 g/mol. The third-order valence-corrected chi connectivity index (χ3v) is 6.19. The van der Waals surface area contributed by atoms with E-state index in [1.54, 1.807) is 56.6 Å². The number of amides is 2. The number of likely N-dealkylation sites (tertiary alicyclic amines) is 1. The minimum Gasteiger partial charge on any atom is -0.444 e. The lowest BCUT2D eigenvalue weighted by atomic mass is 9.93. The highest BCUT2D eigenvalue weighted by Crippen LogP contribution is 2.30. The van der Waals surface area contributed by atoms with E-state index in [1.807, 2.05) is 0 Å². The number of carbonyl (C=O) groups excluding carboxylic acids is 2. The van der Waals surface area contributed by atoms with Crippen LogP contribution in [0.3, 0.4) is 0 Å². The van der Waals surface area contributed by atoms with Crippen molar-refractivity contribution in [2.24, 2.45) is 5.73 Å². The number of nitrogens with zero attached hydrogens (tertiary/aromatic N) is 5. The topological polar surface area (TPSA) is 128 Å². The Labute approximate surface area is 213 Å². The number of primary amides is 1. The first kappa shape index (κ1) is 25.6. The third-order valence-electron chi connectivity index (χ3n) is 5.98. The van der Waals surface area contributed by atoms with Gasteiger partial charge in [-0.15, -0.1) is 0 Å². The van der Waals surface area contributed by atoms with E-state index in [9.17, 15) is 9.59 Å². The highest BCUT2D eigenvalue weighted by Gasteiger charge is 2.37. The summed E-state index contributed by atoms with van der Waals surface area (Å²) < 4.78 is 22.8. The van der Waals surface area contributed by atoms with Crippen molar-refractivity contribution >= 4 is 35.1 Å². The molecule has 0 radical (unpaired) electrons. The van der Waals surface area contributed by atoms with Gasteiger partial charge in [0.25, 0.3) is 5.91 Å². The molecule has 0 unspecified atom stereocenters. The van der Waals surface area contributed by atoms with Crippen LogP contribution in [0.15, 0.2) is 24.5 Å². The summed E-state index contributed by atoms with van der Waals surface area (Å²) in [6, 6.07) is 3.40. The number of rotatable bonds is 5. The molecule has 1 saturated heterocycles. The van der Waals surface area contributed by atoms with Crippen molar-refractivity contribution in [2.45, 2.75) is 51.8 Å². The lowest BCUT2D eigenvalue weighted by Gasteiger charge is -2.37. The molecule has 4 heterocycles. The lowest BCUT2D eigenvalue weighted by Crippen LogP contribution is -2.48. The number of aryl methyl sites for hydroxylation is 1. The lowest BCUT2D eigenvalue weighted by molar-refractivity contribution is 0.00574. The van der Waals surface area contributed by atoms with E-state index in [0.29, 0.717) is 33.6 Å². The number of nitrogens with one attached hydrogen (secondary N) is 1. The van der Waals surface area contributed by atoms with Crippen LogP contribution in [0.25, 0.3) is 16.9 Å². The number of piperidine rings is 1. The predicted molar refractivity (Wildman–Crippen MR) is 134 cm³/mol. The van der Waals surface area contributed by atoms with E-state index in [1.165, 1.54) is 4.90 Å². The van der Waals surface area contributed by atoms with Crippen molar-refractivity contribution in [3.05, 3.63) is 41.1 Å². The molecule has 0 atom stereocenters. The number of halogens is 2. The number of nitrogens with two attached hydrogens (primary N) is 1. The van der Waals surface area contributed by atoms with Crippen molar-refractivity contribution < 1.29 is 18.7 Å². The summed E-state index contributed by atoms with van der Waals surface area (Å²) in [5.41, 5.74) is 5.50. The molecular formula is C24H29ClFN7O3. The van der Waals surface area contributed by atoms with Gasteiger partial charge in [-0.1, -0.05) is 11.6 Å². The van der Waals surface area contributed by atoms with Crippen molar-refractivity contribution in [2.75, 3.05) is 25.0 Å². The van der Waals surface area contributed by atoms with E-state index in [0.717, 1.165) is 0 Å². The molecule has 36 heavy (non-hydrogen) atoms. The molecule has 0 aliphatic carbocycles. The van der Waals surface area contributed by atoms with Crippen LogP contribution in [-0.2, 0) is 4.74 Å². The van der Waals surface area contributed by atoms with Crippen molar-refractivity contribution in [3.8, 4) is 11.3 Å². The molecule has 3 aromatic heterocycles. The maximum absolute atomic E-state index is 15.7. The Morgan fingerprint density at radius 1 is 1.28 bits per heavy atom. The fourth-order valence-corrected chi connectivity index (χ4v) is 4.22. The molecule has 0 saturated carbocycles. The fourth-order valence-electron chi connectivity index (χ4n) is 4.05. The monoisotopic (exact) mass is 517 g/mol. The third kappa shape index (κ3) is 5.51. The molecule has 3 aromatic rings. The second kappa shape index (κ2) is 9.53. The van der Waals surface area contributed by atoms with Crippen molar-refractivity contribution in [1.82, 2.24) is 24.3 Å². The van der Waals surface area contributed by atoms with Gasteiger partial charge in [0.1, 0.15) is 22.1 Å². The van der Waals surface area contributed by atoms with Crippen LogP contribution in [0, 0.1) is 6.92 Å². The van der Waals surface area contributed by atoms with Crippen molar-refractivity contribution in [3.63, 3.8) is 0 Å². The van der Waals surface area contributed by atoms with Gasteiger partial charge in [0.05, 0.1) is 17.9 Å². The molecule has 4 rings (SSSR count). The Bertz CT molecular complexity index is 1310. The van der Waals surface area contributed by atoms with Gasteiger partial charge in [0.2, 0.25) is 0 Å². The molecule has 1 fully saturated rings. The number of imidazole rings is 1. The normalized spacial score (nSPS) is 15.7. The van der Waals surface area contributed by atoms with E-state index in [4.69, 9.17) is 22.1 Å². The molecule has 0 aromatic carbocycles. The Kier molecular flexibility index (Phi) is 6.78. The first-order valence-electron chi connectivity index (χ1n) is 11.6. The zero-order valence-corrected chi connectivity index (χ0v) is 21.4. The van der Waals surface area contributed by atoms with Crippen molar-refractivity contribution in [1.29, 1.82) is 0 Å². The maximum Gasteiger partial charge on any atom is 0.410 e. The van der Waals surface area contributed by atoms with Crippen LogP contribution in [0.5, 0.6) is 0 Å². The second-order valence-corrected chi connectivity index (χ2v) is 10.3. The SMILES string of the molecule is Cc1c(C(N)=O)nc2c(NCC3(F)CCN(C(=O)OC(C)(C)C)CC3)nc(-c3ccnc(Cl)c3)cn12. The highest BCUT2D eigenvalue weighted by atomic mass is 35.5. The first-order chi connectivity index (χ1) is 16.8. The van der Waals surface area contributed by atoms with E-state index < -0.39 is 23.3 Å². The molecule has 2 amide bonds. The molecule has 12 heteroatoms. The number of alkyl halides is 1. The average molecular weight is 518 g/mol. The van der Waals surface area contributed by atoms with Gasteiger partial charge in [-0.3, -0.25) is 9.20 Å². The summed E-state index contributed by atoms with van der Waals surface area (Å²) in [4.78, 5) is 38.7. The smallest absolute Gasteiger partial charge is 0.410 e. The van der Waals surface area contributed by atoms with Gasteiger partial charge in [-0.2, -0.15) is 0 Å². The average Bonchev–Trinajstić information content (AvgIpc) is 3.14. The van der Waals surface area contributed by atoms with Crippen LogP contribution >= 0.6 is 11.6 Å². The quantitative estimate of drug-likeness (QED) is 0.489. The van der Waals surface area contributed by atoms with E-state index in [-0.39, 0.29) is 38.2 Å². The number of aromatic nitrogens is 4. The van der Waals surface area contributed by atoms with Gasteiger partial charge >= 0.3 is 6.09 Å². The molecule has 0 bridgehead atoms. The van der Waals surface area contributed by atoms with Crippen LogP contribution in [0.1, 0.15) is 49.8 Å². The Balaban J connectivity index is 1.58. The van der Waals surface area contributed by atoms with Gasteiger partial charge in [0, 0.05) is 43.9 Å². The number of hydrogen-bond acceptors (Lipinski definition) is 7. The number of ether oxygens (including phenoxy) is 1. The van der Waals surface area contributed by atoms with Crippen LogP contribution < -0.4 is 11.1 Å². The van der Waals surface area contributed by atoms with Crippen LogP contribution in [-0.4, -0.2) is 67.2 Å². The number of hydrogen-bond donors (Lipinski definition) is 2. The van der Waals surface area contributed by atoms with Gasteiger partial charge in [0.15, 0.2) is 11.5 Å². The van der Waals surface area contributed by atoms with E-state index >= 15 is 4.39 Å². The summed E-state index contributed by atoms with van der Waals surface area (Å²) in [6.45, 7) is 7.51. The maximum atomic E-state index is 15.7. The largest absolute Gasteiger partial charge is 0.444 e. The molecule has 1 aliphatic rings. The zero-order chi connectivity index (χ0) is 26.3. The summed E-state index contributed by atoms with van der Waals surface area (Å²) in [7, 11) is 0. The molecule has 10 nitrogen and oxygen atoms in total. The number of anilines is 1. The fraction of sp³-hybridized carbons (Fsp3) is 0.458. The van der Waals surface area contributed by atoms with Gasteiger partial charge in [-0.05, 0) is 39.8 Å². The van der Waals surface area contributed by atoms with Gasteiger partial charge < -0.3 is 20.7 Å². The summed E-state index contributed by atoms with van der Waals surface area (Å²) in [5, 5.41) is 3.37. The molecule has 1 aliphatic heterocycles. The Hall–Kier alpha value is -3.47. The minimum absolute atomic E-state index is 0.0593. The molecule has 3 N–H and O–H groups in total. The Morgan fingerprint density at radius 2 is 1.97 bits per heavy atom. The number of carbonyl (C=O) groups is 2. The summed E-state index contributed by atoms with van der Waals surface area (Å²) in [5.74, 6) is -0.380. The first-order valence-corrected chi connectivity index (χ1v) is 12.0. The molecule has 192 valence electrons. The molecule has 0 spiro atoms. The second-order valence-electron chi connectivity index (χ2n) is 9.92. The predicted octanol–water partition coefficient (Wildman–Crippen LogP) is 4.00. The van der Waals surface area contributed by atoms with Crippen LogP contribution in [0.2, 0.25) is 5.15 Å².